The van der Waals surface area contributed by atoms with Crippen LogP contribution in [-0.4, -0.2) is 24.0 Å². The first-order valence-electron chi connectivity index (χ1n) is 8.76. The van der Waals surface area contributed by atoms with Crippen molar-refractivity contribution in [2.24, 2.45) is 5.92 Å². The van der Waals surface area contributed by atoms with Gasteiger partial charge in [0.25, 0.3) is 5.69 Å². The first kappa shape index (κ1) is 17.9. The lowest BCUT2D eigenvalue weighted by Crippen LogP contribution is -2.34. The summed E-state index contributed by atoms with van der Waals surface area (Å²) in [5, 5.41) is 11.5. The van der Waals surface area contributed by atoms with Crippen LogP contribution in [0.5, 0.6) is 5.75 Å². The van der Waals surface area contributed by atoms with E-state index in [1.54, 1.807) is 24.3 Å². The Morgan fingerprint density at radius 2 is 1.96 bits per heavy atom. The lowest BCUT2D eigenvalue weighted by Gasteiger charge is -2.32. The quantitative estimate of drug-likeness (QED) is 0.353. The molecule has 0 bridgehead atoms. The highest BCUT2D eigenvalue weighted by Gasteiger charge is 2.25. The normalized spacial score (nSPS) is 17.0. The maximum absolute atomic E-state index is 12.4. The third-order valence-corrected chi connectivity index (χ3v) is 4.64. The van der Waals surface area contributed by atoms with Gasteiger partial charge in [0.2, 0.25) is 0 Å². The highest BCUT2D eigenvalue weighted by Crippen LogP contribution is 2.32. The molecule has 2 aromatic carbocycles. The van der Waals surface area contributed by atoms with Crippen molar-refractivity contribution in [3.63, 3.8) is 0 Å². The number of rotatable bonds is 4. The largest absolute Gasteiger partial charge is 0.423 e. The monoisotopic (exact) mass is 354 g/mol. The van der Waals surface area contributed by atoms with E-state index in [-0.39, 0.29) is 11.3 Å². The second kappa shape index (κ2) is 7.56. The summed E-state index contributed by atoms with van der Waals surface area (Å²) in [6, 6.07) is 11.6. The summed E-state index contributed by atoms with van der Waals surface area (Å²) in [6.07, 6.45) is 2.14. The SMILES string of the molecule is Cc1ccc(OC(=O)c2ccc(N3CCC[C@@H](C)C3)c([N+](=O)[O-])c2)cc1. The number of ether oxygens (including phenoxy) is 1. The van der Waals surface area contributed by atoms with Crippen LogP contribution in [0.15, 0.2) is 42.5 Å². The zero-order chi connectivity index (χ0) is 18.7. The van der Waals surface area contributed by atoms with E-state index >= 15 is 0 Å². The van der Waals surface area contributed by atoms with Crippen LogP contribution in [0.3, 0.4) is 0 Å². The summed E-state index contributed by atoms with van der Waals surface area (Å²) in [6.45, 7) is 5.66. The number of nitrogens with zero attached hydrogens (tertiary/aromatic N) is 2. The number of aryl methyl sites for hydroxylation is 1. The number of nitro groups is 1. The van der Waals surface area contributed by atoms with Crippen molar-refractivity contribution in [3.05, 3.63) is 63.7 Å². The molecule has 1 aliphatic rings. The molecule has 1 saturated heterocycles. The van der Waals surface area contributed by atoms with E-state index in [4.69, 9.17) is 4.74 Å². The number of nitro benzene ring substituents is 1. The Morgan fingerprint density at radius 3 is 2.62 bits per heavy atom. The van der Waals surface area contributed by atoms with Gasteiger partial charge < -0.3 is 9.64 Å². The van der Waals surface area contributed by atoms with Gasteiger partial charge in [0.1, 0.15) is 11.4 Å². The van der Waals surface area contributed by atoms with Gasteiger partial charge >= 0.3 is 5.97 Å². The minimum Gasteiger partial charge on any atom is -0.423 e. The number of esters is 1. The summed E-state index contributed by atoms with van der Waals surface area (Å²) in [7, 11) is 0. The van der Waals surface area contributed by atoms with Crippen LogP contribution in [0, 0.1) is 23.0 Å². The zero-order valence-corrected chi connectivity index (χ0v) is 15.0. The fourth-order valence-corrected chi connectivity index (χ4v) is 3.24. The van der Waals surface area contributed by atoms with Gasteiger partial charge in [0, 0.05) is 19.2 Å². The molecule has 1 aliphatic heterocycles. The molecule has 0 aromatic heterocycles. The Labute approximate surface area is 152 Å². The summed E-state index contributed by atoms with van der Waals surface area (Å²) >= 11 is 0. The van der Waals surface area contributed by atoms with Crippen molar-refractivity contribution in [2.75, 3.05) is 18.0 Å². The van der Waals surface area contributed by atoms with Crippen molar-refractivity contribution in [1.29, 1.82) is 0 Å². The fourth-order valence-electron chi connectivity index (χ4n) is 3.24. The fraction of sp³-hybridized carbons (Fsp3) is 0.350. The molecule has 0 saturated carbocycles. The molecule has 0 amide bonds. The second-order valence-electron chi connectivity index (χ2n) is 6.86. The number of hydrogen-bond acceptors (Lipinski definition) is 5. The van der Waals surface area contributed by atoms with Gasteiger partial charge in [-0.1, -0.05) is 24.6 Å². The molecule has 0 aliphatic carbocycles. The number of piperidine rings is 1. The van der Waals surface area contributed by atoms with Crippen molar-refractivity contribution in [3.8, 4) is 5.75 Å². The molecular weight excluding hydrogens is 332 g/mol. The van der Waals surface area contributed by atoms with Gasteiger partial charge in [-0.05, 0) is 49.9 Å². The van der Waals surface area contributed by atoms with Crippen molar-refractivity contribution in [2.45, 2.75) is 26.7 Å². The molecule has 1 heterocycles. The molecule has 26 heavy (non-hydrogen) atoms. The van der Waals surface area contributed by atoms with E-state index in [1.807, 2.05) is 24.0 Å². The van der Waals surface area contributed by atoms with Gasteiger partial charge in [0.05, 0.1) is 10.5 Å². The molecule has 0 spiro atoms. The summed E-state index contributed by atoms with van der Waals surface area (Å²) < 4.78 is 5.32. The zero-order valence-electron chi connectivity index (χ0n) is 15.0. The predicted octanol–water partition coefficient (Wildman–Crippen LogP) is 4.36. The molecule has 136 valence electrons. The van der Waals surface area contributed by atoms with Gasteiger partial charge in [-0.15, -0.1) is 0 Å². The predicted molar refractivity (Wildman–Crippen MR) is 99.8 cm³/mol. The number of benzene rings is 2. The summed E-state index contributed by atoms with van der Waals surface area (Å²) in [4.78, 5) is 25.5. The van der Waals surface area contributed by atoms with E-state index in [9.17, 15) is 14.9 Å². The molecular formula is C20H22N2O4. The average Bonchev–Trinajstić information content (AvgIpc) is 2.63. The Hall–Kier alpha value is -2.89. The second-order valence-corrected chi connectivity index (χ2v) is 6.86. The van der Waals surface area contributed by atoms with Gasteiger partial charge in [-0.3, -0.25) is 10.1 Å². The minimum atomic E-state index is -0.601. The highest BCUT2D eigenvalue weighted by atomic mass is 16.6. The summed E-state index contributed by atoms with van der Waals surface area (Å²) in [5.74, 6) is 0.308. The summed E-state index contributed by atoms with van der Waals surface area (Å²) in [5.41, 5.74) is 1.73. The number of carbonyl (C=O) groups excluding carboxylic acids is 1. The van der Waals surface area contributed by atoms with Gasteiger partial charge in [0.15, 0.2) is 0 Å². The van der Waals surface area contributed by atoms with Crippen LogP contribution in [0.4, 0.5) is 11.4 Å². The van der Waals surface area contributed by atoms with Crippen LogP contribution in [0.25, 0.3) is 0 Å². The highest BCUT2D eigenvalue weighted by molar-refractivity contribution is 5.93. The van der Waals surface area contributed by atoms with Gasteiger partial charge in [-0.25, -0.2) is 4.79 Å². The van der Waals surface area contributed by atoms with E-state index in [0.29, 0.717) is 17.4 Å². The molecule has 0 radical (unpaired) electrons. The lowest BCUT2D eigenvalue weighted by molar-refractivity contribution is -0.384. The Balaban J connectivity index is 1.84. The minimum absolute atomic E-state index is 0.0579. The smallest absolute Gasteiger partial charge is 0.343 e. The number of anilines is 1. The number of carbonyl (C=O) groups is 1. The average molecular weight is 354 g/mol. The molecule has 0 unspecified atom stereocenters. The molecule has 3 rings (SSSR count). The molecule has 6 nitrogen and oxygen atoms in total. The van der Waals surface area contributed by atoms with Crippen LogP contribution < -0.4 is 9.64 Å². The molecule has 1 fully saturated rings. The number of hydrogen-bond donors (Lipinski definition) is 0. The Bertz CT molecular complexity index is 817. The van der Waals surface area contributed by atoms with Crippen LogP contribution in [0.2, 0.25) is 0 Å². The van der Waals surface area contributed by atoms with Crippen LogP contribution in [0.1, 0.15) is 35.7 Å². The molecule has 2 aromatic rings. The topological polar surface area (TPSA) is 72.7 Å². The van der Waals surface area contributed by atoms with Crippen molar-refractivity contribution >= 4 is 17.3 Å². The third kappa shape index (κ3) is 4.02. The van der Waals surface area contributed by atoms with Crippen LogP contribution >= 0.6 is 0 Å². The maximum Gasteiger partial charge on any atom is 0.343 e. The Morgan fingerprint density at radius 1 is 1.23 bits per heavy atom. The van der Waals surface area contributed by atoms with E-state index < -0.39 is 10.9 Å². The first-order chi connectivity index (χ1) is 12.4. The van der Waals surface area contributed by atoms with Crippen molar-refractivity contribution in [1.82, 2.24) is 0 Å². The Kier molecular flexibility index (Phi) is 5.21. The molecule has 0 N–H and O–H groups in total. The van der Waals surface area contributed by atoms with Gasteiger partial charge in [-0.2, -0.15) is 0 Å². The first-order valence-corrected chi connectivity index (χ1v) is 8.76. The maximum atomic E-state index is 12.4. The standard InChI is InChI=1S/C20H22N2O4/c1-14-5-8-17(9-6-14)26-20(23)16-7-10-18(19(12-16)22(24)25)21-11-3-4-15(2)13-21/h5-10,12,15H,3-4,11,13H2,1-2H3/t15-/m1/s1. The van der Waals surface area contributed by atoms with Crippen molar-refractivity contribution < 1.29 is 14.5 Å². The van der Waals surface area contributed by atoms with E-state index in [2.05, 4.69) is 6.92 Å². The van der Waals surface area contributed by atoms with E-state index in [1.165, 1.54) is 6.07 Å². The third-order valence-electron chi connectivity index (χ3n) is 4.64. The van der Waals surface area contributed by atoms with E-state index in [0.717, 1.165) is 31.5 Å². The molecule has 1 atom stereocenters. The van der Waals surface area contributed by atoms with Crippen LogP contribution in [-0.2, 0) is 0 Å². The lowest BCUT2D eigenvalue weighted by atomic mass is 9.99. The molecule has 6 heteroatoms.